The van der Waals surface area contributed by atoms with Gasteiger partial charge in [0.1, 0.15) is 11.3 Å². The van der Waals surface area contributed by atoms with Crippen LogP contribution in [0.3, 0.4) is 0 Å². The number of pyridine rings is 2. The van der Waals surface area contributed by atoms with Crippen LogP contribution in [0.2, 0.25) is 0 Å². The maximum atomic E-state index is 13.2. The van der Waals surface area contributed by atoms with Crippen LogP contribution in [0.15, 0.2) is 64.5 Å². The molecule has 0 radical (unpaired) electrons. The van der Waals surface area contributed by atoms with E-state index in [0.29, 0.717) is 22.5 Å². The van der Waals surface area contributed by atoms with E-state index in [1.54, 1.807) is 37.5 Å². The van der Waals surface area contributed by atoms with Crippen molar-refractivity contribution in [3.8, 4) is 11.3 Å². The molecule has 0 amide bonds. The van der Waals surface area contributed by atoms with Gasteiger partial charge in [0.15, 0.2) is 0 Å². The largest absolute Gasteiger partial charge is 0.384 e. The van der Waals surface area contributed by atoms with Crippen LogP contribution in [0, 0.1) is 13.8 Å². The Morgan fingerprint density at radius 2 is 1.69 bits per heavy atom. The standard InChI is InChI=1S/C21H20N4O3S/c1-13-4-7-15(8-5-13)29(27,28)25-11-10-16-17(12-24(3)21(26)20(16)25)19-14(2)6-9-18(22)23-19/h4-12H,1-3H3,(H2,22,23). The third kappa shape index (κ3) is 3.01. The minimum absolute atomic E-state index is 0.0780. The van der Waals surface area contributed by atoms with Crippen molar-refractivity contribution in [2.24, 2.45) is 7.05 Å². The summed E-state index contributed by atoms with van der Waals surface area (Å²) in [6.45, 7) is 3.77. The molecule has 0 aliphatic carbocycles. The third-order valence-electron chi connectivity index (χ3n) is 4.94. The molecule has 1 aromatic carbocycles. The number of nitrogen functional groups attached to an aromatic ring is 1. The molecule has 0 bridgehead atoms. The highest BCUT2D eigenvalue weighted by Gasteiger charge is 2.23. The number of hydrogen-bond donors (Lipinski definition) is 1. The first-order valence-electron chi connectivity index (χ1n) is 8.96. The van der Waals surface area contributed by atoms with Crippen molar-refractivity contribution in [3.05, 3.63) is 76.3 Å². The maximum Gasteiger partial charge on any atom is 0.275 e. The van der Waals surface area contributed by atoms with Gasteiger partial charge in [-0.1, -0.05) is 23.8 Å². The predicted octanol–water partition coefficient (Wildman–Crippen LogP) is 2.84. The van der Waals surface area contributed by atoms with Crippen LogP contribution in [0.5, 0.6) is 0 Å². The van der Waals surface area contributed by atoms with Gasteiger partial charge >= 0.3 is 0 Å². The fourth-order valence-electron chi connectivity index (χ4n) is 3.36. The van der Waals surface area contributed by atoms with E-state index in [1.165, 1.54) is 22.9 Å². The summed E-state index contributed by atoms with van der Waals surface area (Å²) in [7, 11) is -2.35. The Balaban J connectivity index is 2.05. The predicted molar refractivity (Wildman–Crippen MR) is 113 cm³/mol. The van der Waals surface area contributed by atoms with Gasteiger partial charge in [-0.05, 0) is 43.7 Å². The van der Waals surface area contributed by atoms with Gasteiger partial charge in [0.2, 0.25) is 0 Å². The molecule has 7 nitrogen and oxygen atoms in total. The van der Waals surface area contributed by atoms with Crippen LogP contribution in [-0.4, -0.2) is 21.9 Å². The van der Waals surface area contributed by atoms with E-state index in [4.69, 9.17) is 5.73 Å². The molecular weight excluding hydrogens is 388 g/mol. The minimum atomic E-state index is -3.94. The Kier molecular flexibility index (Phi) is 4.31. The summed E-state index contributed by atoms with van der Waals surface area (Å²) in [5.74, 6) is 0.347. The van der Waals surface area contributed by atoms with Gasteiger partial charge < -0.3 is 10.3 Å². The molecule has 0 aliphatic rings. The zero-order valence-corrected chi connectivity index (χ0v) is 17.1. The van der Waals surface area contributed by atoms with E-state index in [9.17, 15) is 13.2 Å². The van der Waals surface area contributed by atoms with Gasteiger partial charge in [-0.3, -0.25) is 4.79 Å². The van der Waals surface area contributed by atoms with Crippen molar-refractivity contribution in [2.75, 3.05) is 5.73 Å². The number of benzene rings is 1. The number of anilines is 1. The summed E-state index contributed by atoms with van der Waals surface area (Å²) in [4.78, 5) is 17.4. The molecule has 8 heteroatoms. The molecule has 0 saturated carbocycles. The number of rotatable bonds is 3. The van der Waals surface area contributed by atoms with E-state index in [2.05, 4.69) is 4.98 Å². The average Bonchev–Trinajstić information content (AvgIpc) is 3.13. The van der Waals surface area contributed by atoms with Gasteiger partial charge in [-0.15, -0.1) is 0 Å². The second-order valence-corrected chi connectivity index (χ2v) is 8.87. The topological polar surface area (TPSA) is 100.0 Å². The first-order valence-corrected chi connectivity index (χ1v) is 10.4. The highest BCUT2D eigenvalue weighted by atomic mass is 32.2. The van der Waals surface area contributed by atoms with Gasteiger partial charge in [-0.25, -0.2) is 17.4 Å². The summed E-state index contributed by atoms with van der Waals surface area (Å²) in [5.41, 5.74) is 8.59. The van der Waals surface area contributed by atoms with Crippen LogP contribution in [0.4, 0.5) is 5.82 Å². The molecule has 0 spiro atoms. The fraction of sp³-hybridized carbons (Fsp3) is 0.143. The lowest BCUT2D eigenvalue weighted by molar-refractivity contribution is 0.589. The molecular formula is C21H20N4O3S. The fourth-order valence-corrected chi connectivity index (χ4v) is 4.70. The van der Waals surface area contributed by atoms with Crippen molar-refractivity contribution in [1.82, 2.24) is 13.5 Å². The molecule has 2 N–H and O–H groups in total. The van der Waals surface area contributed by atoms with Crippen molar-refractivity contribution in [3.63, 3.8) is 0 Å². The molecule has 3 heterocycles. The van der Waals surface area contributed by atoms with Crippen LogP contribution in [0.25, 0.3) is 22.2 Å². The second-order valence-electron chi connectivity index (χ2n) is 7.05. The van der Waals surface area contributed by atoms with E-state index in [0.717, 1.165) is 15.1 Å². The van der Waals surface area contributed by atoms with E-state index in [1.807, 2.05) is 19.9 Å². The average molecular weight is 408 g/mol. The van der Waals surface area contributed by atoms with Gasteiger partial charge in [-0.2, -0.15) is 0 Å². The highest BCUT2D eigenvalue weighted by Crippen LogP contribution is 2.30. The van der Waals surface area contributed by atoms with Crippen LogP contribution < -0.4 is 11.3 Å². The van der Waals surface area contributed by atoms with Crippen LogP contribution in [0.1, 0.15) is 11.1 Å². The Morgan fingerprint density at radius 3 is 2.38 bits per heavy atom. The number of fused-ring (bicyclic) bond motifs is 1. The van der Waals surface area contributed by atoms with E-state index < -0.39 is 15.6 Å². The lowest BCUT2D eigenvalue weighted by atomic mass is 10.1. The van der Waals surface area contributed by atoms with E-state index in [-0.39, 0.29) is 10.4 Å². The van der Waals surface area contributed by atoms with Crippen LogP contribution in [-0.2, 0) is 17.1 Å². The third-order valence-corrected chi connectivity index (χ3v) is 6.63. The first-order chi connectivity index (χ1) is 13.7. The molecule has 4 rings (SSSR count). The number of aromatic nitrogens is 3. The number of aryl methyl sites for hydroxylation is 3. The molecule has 148 valence electrons. The van der Waals surface area contributed by atoms with Crippen molar-refractivity contribution >= 4 is 26.7 Å². The molecule has 0 unspecified atom stereocenters. The quantitative estimate of drug-likeness (QED) is 0.562. The molecule has 29 heavy (non-hydrogen) atoms. The van der Waals surface area contributed by atoms with Crippen molar-refractivity contribution in [1.29, 1.82) is 0 Å². The monoisotopic (exact) mass is 408 g/mol. The number of nitrogens with zero attached hydrogens (tertiary/aromatic N) is 3. The first kappa shape index (κ1) is 18.9. The second kappa shape index (κ2) is 6.59. The SMILES string of the molecule is Cc1ccc(S(=O)(=O)n2ccc3c(-c4nc(N)ccc4C)cn(C)c(=O)c32)cc1. The van der Waals surface area contributed by atoms with Crippen molar-refractivity contribution in [2.45, 2.75) is 18.7 Å². The minimum Gasteiger partial charge on any atom is -0.384 e. The Morgan fingerprint density at radius 1 is 1.00 bits per heavy atom. The smallest absolute Gasteiger partial charge is 0.275 e. The molecule has 0 fully saturated rings. The van der Waals surface area contributed by atoms with Gasteiger partial charge in [0, 0.05) is 30.4 Å². The van der Waals surface area contributed by atoms with Crippen LogP contribution >= 0.6 is 0 Å². The summed E-state index contributed by atoms with van der Waals surface area (Å²) in [5, 5.41) is 0.505. The number of hydrogen-bond acceptors (Lipinski definition) is 5. The molecule has 4 aromatic rings. The molecule has 0 saturated heterocycles. The molecule has 0 aliphatic heterocycles. The lowest BCUT2D eigenvalue weighted by Crippen LogP contribution is -2.22. The number of nitrogens with two attached hydrogens (primary N) is 1. The summed E-state index contributed by atoms with van der Waals surface area (Å²) < 4.78 is 28.9. The van der Waals surface area contributed by atoms with Crippen molar-refractivity contribution < 1.29 is 8.42 Å². The van der Waals surface area contributed by atoms with Gasteiger partial charge in [0.05, 0.1) is 10.6 Å². The lowest BCUT2D eigenvalue weighted by Gasteiger charge is -2.12. The normalized spacial score (nSPS) is 11.8. The summed E-state index contributed by atoms with van der Waals surface area (Å²) in [6, 6.07) is 11.7. The Labute approximate surface area is 168 Å². The zero-order chi connectivity index (χ0) is 20.9. The zero-order valence-electron chi connectivity index (χ0n) is 16.2. The van der Waals surface area contributed by atoms with Gasteiger partial charge in [0.25, 0.3) is 15.6 Å². The molecule has 0 atom stereocenters. The summed E-state index contributed by atoms with van der Waals surface area (Å²) in [6.07, 6.45) is 3.06. The maximum absolute atomic E-state index is 13.2. The Bertz CT molecular complexity index is 1420. The van der Waals surface area contributed by atoms with E-state index >= 15 is 0 Å². The Hall–Kier alpha value is -3.39. The molecule has 3 aromatic heterocycles. The summed E-state index contributed by atoms with van der Waals surface area (Å²) >= 11 is 0. The highest BCUT2D eigenvalue weighted by molar-refractivity contribution is 7.90.